The van der Waals surface area contributed by atoms with Gasteiger partial charge in [0.05, 0.1) is 11.0 Å². The molecule has 25 heavy (non-hydrogen) atoms. The van der Waals surface area contributed by atoms with Crippen LogP contribution in [0.15, 0.2) is 42.5 Å². The number of para-hydroxylation sites is 1. The fourth-order valence-corrected chi connectivity index (χ4v) is 2.28. The van der Waals surface area contributed by atoms with E-state index in [1.54, 1.807) is 12.1 Å². The number of nitrogens with zero attached hydrogens (tertiary/aromatic N) is 1. The molecule has 0 unspecified atom stereocenters. The normalized spacial score (nSPS) is 12.3. The van der Waals surface area contributed by atoms with Crippen molar-refractivity contribution in [2.24, 2.45) is 0 Å². The van der Waals surface area contributed by atoms with E-state index in [4.69, 9.17) is 18.9 Å². The molecule has 0 fully saturated rings. The Morgan fingerprint density at radius 1 is 1.08 bits per heavy atom. The number of nitro benzene ring substituents is 1. The molecule has 0 saturated carbocycles. The highest BCUT2D eigenvalue weighted by atomic mass is 16.6. The van der Waals surface area contributed by atoms with Gasteiger partial charge in [-0.2, -0.15) is 0 Å². The van der Waals surface area contributed by atoms with Crippen LogP contribution in [0.1, 0.15) is 10.4 Å². The molecule has 1 aliphatic heterocycles. The van der Waals surface area contributed by atoms with Gasteiger partial charge in [0.2, 0.25) is 0 Å². The highest BCUT2D eigenvalue weighted by Gasteiger charge is 2.27. The van der Waals surface area contributed by atoms with Crippen LogP contribution in [0.4, 0.5) is 5.69 Å². The van der Waals surface area contributed by atoms with Gasteiger partial charge in [-0.25, -0.2) is 4.79 Å². The molecular formula is C17H15NO7. The fraction of sp³-hybridized carbons (Fsp3) is 0.235. The fourth-order valence-electron chi connectivity index (χ4n) is 2.28. The number of ether oxygens (including phenoxy) is 4. The van der Waals surface area contributed by atoms with E-state index in [1.165, 1.54) is 12.1 Å². The molecule has 1 heterocycles. The van der Waals surface area contributed by atoms with E-state index in [1.807, 2.05) is 18.2 Å². The number of hydrogen-bond donors (Lipinski definition) is 0. The molecule has 0 radical (unpaired) electrons. The SMILES string of the molecule is O=C(OCCOc1ccccc1)c1cc2c(cc1[N+](=O)[O-])OCCO2. The monoisotopic (exact) mass is 345 g/mol. The molecule has 8 nitrogen and oxygen atoms in total. The van der Waals surface area contributed by atoms with Crippen molar-refractivity contribution in [3.8, 4) is 17.2 Å². The predicted molar refractivity (Wildman–Crippen MR) is 86.3 cm³/mol. The van der Waals surface area contributed by atoms with E-state index in [9.17, 15) is 14.9 Å². The van der Waals surface area contributed by atoms with E-state index in [0.717, 1.165) is 0 Å². The Hall–Kier alpha value is -3.29. The molecule has 0 bridgehead atoms. The zero-order valence-electron chi connectivity index (χ0n) is 13.2. The van der Waals surface area contributed by atoms with Crippen molar-refractivity contribution >= 4 is 11.7 Å². The number of rotatable bonds is 6. The van der Waals surface area contributed by atoms with Crippen LogP contribution in [0.25, 0.3) is 0 Å². The Labute approximate surface area is 143 Å². The molecule has 2 aromatic carbocycles. The van der Waals surface area contributed by atoms with Crippen molar-refractivity contribution in [1.29, 1.82) is 0 Å². The van der Waals surface area contributed by atoms with E-state index in [-0.39, 0.29) is 30.3 Å². The van der Waals surface area contributed by atoms with Gasteiger partial charge < -0.3 is 18.9 Å². The zero-order valence-corrected chi connectivity index (χ0v) is 13.2. The van der Waals surface area contributed by atoms with E-state index < -0.39 is 16.6 Å². The second-order valence-corrected chi connectivity index (χ2v) is 5.07. The smallest absolute Gasteiger partial charge is 0.345 e. The second-order valence-electron chi connectivity index (χ2n) is 5.07. The maximum Gasteiger partial charge on any atom is 0.345 e. The number of esters is 1. The zero-order chi connectivity index (χ0) is 17.6. The third kappa shape index (κ3) is 3.97. The first-order valence-corrected chi connectivity index (χ1v) is 7.58. The molecule has 0 N–H and O–H groups in total. The lowest BCUT2D eigenvalue weighted by Crippen LogP contribution is -2.18. The number of carbonyl (C=O) groups excluding carboxylic acids is 1. The minimum atomic E-state index is -0.819. The second kappa shape index (κ2) is 7.52. The Morgan fingerprint density at radius 2 is 1.76 bits per heavy atom. The molecule has 8 heteroatoms. The Balaban J connectivity index is 1.65. The van der Waals surface area contributed by atoms with Crippen LogP contribution in [0, 0.1) is 10.1 Å². The molecule has 0 aliphatic carbocycles. The van der Waals surface area contributed by atoms with Gasteiger partial charge in [-0.05, 0) is 12.1 Å². The van der Waals surface area contributed by atoms with Gasteiger partial charge in [0.25, 0.3) is 5.69 Å². The van der Waals surface area contributed by atoms with Gasteiger partial charge in [0.1, 0.15) is 37.7 Å². The van der Waals surface area contributed by atoms with Crippen molar-refractivity contribution in [3.05, 3.63) is 58.1 Å². The minimum absolute atomic E-state index is 0.0423. The molecule has 1 aliphatic rings. The van der Waals surface area contributed by atoms with Gasteiger partial charge in [0.15, 0.2) is 11.5 Å². The van der Waals surface area contributed by atoms with Gasteiger partial charge in [-0.3, -0.25) is 10.1 Å². The Kier molecular flexibility index (Phi) is 4.98. The van der Waals surface area contributed by atoms with Gasteiger partial charge in [0, 0.05) is 6.07 Å². The summed E-state index contributed by atoms with van der Waals surface area (Å²) < 4.78 is 21.1. The number of nitro groups is 1. The maximum atomic E-state index is 12.2. The third-order valence-electron chi connectivity index (χ3n) is 3.41. The summed E-state index contributed by atoms with van der Waals surface area (Å²) in [5.74, 6) is 0.343. The quantitative estimate of drug-likeness (QED) is 0.343. The number of benzene rings is 2. The average Bonchev–Trinajstić information content (AvgIpc) is 2.64. The van der Waals surface area contributed by atoms with Crippen LogP contribution in [-0.2, 0) is 4.74 Å². The molecule has 130 valence electrons. The number of hydrogen-bond acceptors (Lipinski definition) is 7. The summed E-state index contributed by atoms with van der Waals surface area (Å²) in [7, 11) is 0. The summed E-state index contributed by atoms with van der Waals surface area (Å²) in [6, 6.07) is 11.5. The Morgan fingerprint density at radius 3 is 2.44 bits per heavy atom. The first kappa shape index (κ1) is 16.6. The third-order valence-corrected chi connectivity index (χ3v) is 3.41. The molecule has 3 rings (SSSR count). The minimum Gasteiger partial charge on any atom is -0.490 e. The molecule has 0 amide bonds. The highest BCUT2D eigenvalue weighted by molar-refractivity contribution is 5.95. The van der Waals surface area contributed by atoms with Crippen molar-refractivity contribution in [2.45, 2.75) is 0 Å². The highest BCUT2D eigenvalue weighted by Crippen LogP contribution is 2.36. The van der Waals surface area contributed by atoms with Crippen LogP contribution in [0.2, 0.25) is 0 Å². The van der Waals surface area contributed by atoms with Crippen molar-refractivity contribution in [1.82, 2.24) is 0 Å². The van der Waals surface area contributed by atoms with E-state index >= 15 is 0 Å². The summed E-state index contributed by atoms with van der Waals surface area (Å²) in [6.45, 7) is 0.697. The van der Waals surface area contributed by atoms with Crippen LogP contribution in [0.3, 0.4) is 0 Å². The number of carbonyl (C=O) groups is 1. The average molecular weight is 345 g/mol. The van der Waals surface area contributed by atoms with Crippen molar-refractivity contribution < 1.29 is 28.7 Å². The summed E-state index contributed by atoms with van der Waals surface area (Å²) in [4.78, 5) is 22.7. The summed E-state index contributed by atoms with van der Waals surface area (Å²) >= 11 is 0. The van der Waals surface area contributed by atoms with Crippen LogP contribution in [0.5, 0.6) is 17.2 Å². The van der Waals surface area contributed by atoms with Crippen LogP contribution >= 0.6 is 0 Å². The first-order chi connectivity index (χ1) is 12.1. The predicted octanol–water partition coefficient (Wildman–Crippen LogP) is 2.60. The molecule has 0 spiro atoms. The van der Waals surface area contributed by atoms with Crippen LogP contribution < -0.4 is 14.2 Å². The topological polar surface area (TPSA) is 97.1 Å². The number of fused-ring (bicyclic) bond motifs is 1. The molecule has 2 aromatic rings. The van der Waals surface area contributed by atoms with Crippen molar-refractivity contribution in [2.75, 3.05) is 26.4 Å². The maximum absolute atomic E-state index is 12.2. The molecule has 0 saturated heterocycles. The summed E-state index contributed by atoms with van der Waals surface area (Å²) in [6.07, 6.45) is 0. The molecule has 0 atom stereocenters. The Bertz CT molecular complexity index is 776. The summed E-state index contributed by atoms with van der Waals surface area (Å²) in [5, 5.41) is 11.2. The first-order valence-electron chi connectivity index (χ1n) is 7.58. The van der Waals surface area contributed by atoms with Crippen molar-refractivity contribution in [3.63, 3.8) is 0 Å². The lowest BCUT2D eigenvalue weighted by Gasteiger charge is -2.18. The van der Waals surface area contributed by atoms with Gasteiger partial charge in [-0.15, -0.1) is 0 Å². The molecular weight excluding hydrogens is 330 g/mol. The lowest BCUT2D eigenvalue weighted by molar-refractivity contribution is -0.385. The largest absolute Gasteiger partial charge is 0.490 e. The van der Waals surface area contributed by atoms with Crippen LogP contribution in [-0.4, -0.2) is 37.3 Å². The standard InChI is InChI=1S/C17H15NO7/c19-17(25-9-6-22-12-4-2-1-3-5-12)13-10-15-16(24-8-7-23-15)11-14(13)18(20)21/h1-5,10-11H,6-9H2. The van der Waals surface area contributed by atoms with Gasteiger partial charge in [-0.1, -0.05) is 18.2 Å². The van der Waals surface area contributed by atoms with E-state index in [2.05, 4.69) is 0 Å². The molecule has 0 aromatic heterocycles. The van der Waals surface area contributed by atoms with Gasteiger partial charge >= 0.3 is 5.97 Å². The van der Waals surface area contributed by atoms with E-state index in [0.29, 0.717) is 19.0 Å². The summed E-state index contributed by atoms with van der Waals surface area (Å²) in [5.41, 5.74) is -0.577. The lowest BCUT2D eigenvalue weighted by atomic mass is 10.1.